The van der Waals surface area contributed by atoms with Gasteiger partial charge in [-0.2, -0.15) is 0 Å². The van der Waals surface area contributed by atoms with E-state index in [9.17, 15) is 20.1 Å². The fourth-order valence-corrected chi connectivity index (χ4v) is 1.56. The maximum absolute atomic E-state index is 11.3. The molecule has 112 valence electrons. The number of hydrogen-bond acceptors (Lipinski definition) is 9. The second-order valence-corrected chi connectivity index (χ2v) is 4.09. The van der Waals surface area contributed by atoms with Crippen molar-refractivity contribution in [3.05, 3.63) is 0 Å². The van der Waals surface area contributed by atoms with Crippen molar-refractivity contribution >= 4 is 5.97 Å². The van der Waals surface area contributed by atoms with Crippen molar-refractivity contribution in [2.75, 3.05) is 20.3 Å². The van der Waals surface area contributed by atoms with Gasteiger partial charge in [0.05, 0.1) is 20.3 Å². The highest BCUT2D eigenvalue weighted by Crippen LogP contribution is 2.23. The van der Waals surface area contributed by atoms with Gasteiger partial charge < -0.3 is 39.7 Å². The summed E-state index contributed by atoms with van der Waals surface area (Å²) in [4.78, 5) is 11.3. The van der Waals surface area contributed by atoms with Crippen LogP contribution in [0.3, 0.4) is 0 Å². The number of ether oxygens (including phenoxy) is 3. The van der Waals surface area contributed by atoms with Crippen molar-refractivity contribution in [2.45, 2.75) is 36.8 Å². The number of carbonyl (C=O) groups is 1. The highest BCUT2D eigenvalue weighted by atomic mass is 16.7. The molecule has 1 aliphatic rings. The minimum atomic E-state index is -1.67. The average Bonchev–Trinajstić information content (AvgIpc) is 2.42. The first-order valence-electron chi connectivity index (χ1n) is 5.60. The van der Waals surface area contributed by atoms with Crippen LogP contribution in [0.25, 0.3) is 0 Å². The van der Waals surface area contributed by atoms with E-state index in [0.717, 1.165) is 7.11 Å². The molecule has 1 fully saturated rings. The van der Waals surface area contributed by atoms with E-state index in [0.29, 0.717) is 0 Å². The Bertz CT molecular complexity index is 297. The van der Waals surface area contributed by atoms with Crippen LogP contribution in [-0.4, -0.2) is 88.6 Å². The van der Waals surface area contributed by atoms with Crippen molar-refractivity contribution in [3.8, 4) is 0 Å². The molecular formula is C10H18O9. The first kappa shape index (κ1) is 16.2. The zero-order chi connectivity index (χ0) is 14.6. The monoisotopic (exact) mass is 282 g/mol. The third kappa shape index (κ3) is 3.83. The Morgan fingerprint density at radius 1 is 1.26 bits per heavy atom. The summed E-state index contributed by atoms with van der Waals surface area (Å²) in [5.74, 6) is -0.935. The zero-order valence-electron chi connectivity index (χ0n) is 10.2. The standard InChI is InChI=1S/C10H18O9/c1-17-9(16)8-6(14)5(13)7(15)10(19-8)18-3-4(12)2-11/h4-8,10-15H,2-3H2,1H3/t4?,5-,6-,7+,8-,10-/m0/s1. The fourth-order valence-electron chi connectivity index (χ4n) is 1.56. The molecule has 0 aromatic heterocycles. The molecule has 9 nitrogen and oxygen atoms in total. The van der Waals surface area contributed by atoms with E-state index in [1.165, 1.54) is 0 Å². The minimum Gasteiger partial charge on any atom is -0.467 e. The summed E-state index contributed by atoms with van der Waals surface area (Å²) >= 11 is 0. The van der Waals surface area contributed by atoms with Gasteiger partial charge in [-0.1, -0.05) is 0 Å². The molecule has 6 atom stereocenters. The number of methoxy groups -OCH3 is 1. The van der Waals surface area contributed by atoms with E-state index in [1.54, 1.807) is 0 Å². The van der Waals surface area contributed by atoms with E-state index in [-0.39, 0.29) is 6.61 Å². The van der Waals surface area contributed by atoms with Gasteiger partial charge in [0.15, 0.2) is 12.4 Å². The lowest BCUT2D eigenvalue weighted by Gasteiger charge is -2.39. The van der Waals surface area contributed by atoms with Gasteiger partial charge in [0.2, 0.25) is 0 Å². The smallest absolute Gasteiger partial charge is 0.337 e. The zero-order valence-corrected chi connectivity index (χ0v) is 10.2. The summed E-state index contributed by atoms with van der Waals surface area (Å²) in [5.41, 5.74) is 0. The topological polar surface area (TPSA) is 146 Å². The van der Waals surface area contributed by atoms with Gasteiger partial charge in [-0.05, 0) is 0 Å². The van der Waals surface area contributed by atoms with Crippen LogP contribution in [0.1, 0.15) is 0 Å². The third-order valence-electron chi connectivity index (χ3n) is 2.67. The number of hydrogen-bond donors (Lipinski definition) is 5. The molecule has 9 heteroatoms. The Balaban J connectivity index is 2.68. The van der Waals surface area contributed by atoms with E-state index in [4.69, 9.17) is 19.7 Å². The Morgan fingerprint density at radius 2 is 1.89 bits per heavy atom. The SMILES string of the molecule is COC(=O)[C@H]1O[C@H](OCC(O)CO)[C@H](O)[C@@H](O)[C@@H]1O. The molecule has 1 saturated heterocycles. The maximum Gasteiger partial charge on any atom is 0.337 e. The molecule has 5 N–H and O–H groups in total. The highest BCUT2D eigenvalue weighted by Gasteiger charge is 2.47. The molecule has 1 heterocycles. The van der Waals surface area contributed by atoms with Crippen LogP contribution in [0, 0.1) is 0 Å². The number of aliphatic hydroxyl groups excluding tert-OH is 5. The lowest BCUT2D eigenvalue weighted by atomic mass is 9.99. The summed E-state index contributed by atoms with van der Waals surface area (Å²) < 4.78 is 14.3. The number of aliphatic hydroxyl groups is 5. The molecule has 1 aliphatic heterocycles. The molecule has 0 saturated carbocycles. The lowest BCUT2D eigenvalue weighted by Crippen LogP contribution is -2.60. The van der Waals surface area contributed by atoms with Gasteiger partial charge in [0.1, 0.15) is 24.4 Å². The van der Waals surface area contributed by atoms with Gasteiger partial charge in [-0.25, -0.2) is 4.79 Å². The van der Waals surface area contributed by atoms with Crippen LogP contribution < -0.4 is 0 Å². The van der Waals surface area contributed by atoms with Crippen LogP contribution in [0.15, 0.2) is 0 Å². The minimum absolute atomic E-state index is 0.380. The van der Waals surface area contributed by atoms with Crippen LogP contribution in [-0.2, 0) is 19.0 Å². The van der Waals surface area contributed by atoms with E-state index >= 15 is 0 Å². The van der Waals surface area contributed by atoms with Crippen LogP contribution >= 0.6 is 0 Å². The Labute approximate surface area is 108 Å². The molecule has 19 heavy (non-hydrogen) atoms. The molecule has 1 rings (SSSR count). The quantitative estimate of drug-likeness (QED) is 0.322. The van der Waals surface area contributed by atoms with E-state index < -0.39 is 49.4 Å². The second-order valence-electron chi connectivity index (χ2n) is 4.09. The molecule has 0 spiro atoms. The van der Waals surface area contributed by atoms with Gasteiger partial charge in [0.25, 0.3) is 0 Å². The molecule has 0 bridgehead atoms. The van der Waals surface area contributed by atoms with Gasteiger partial charge in [-0.15, -0.1) is 0 Å². The first-order valence-corrected chi connectivity index (χ1v) is 5.60. The summed E-state index contributed by atoms with van der Waals surface area (Å²) in [6.45, 7) is -0.941. The predicted octanol–water partition coefficient (Wildman–Crippen LogP) is -3.66. The molecule has 0 aromatic carbocycles. The van der Waals surface area contributed by atoms with E-state index in [2.05, 4.69) is 4.74 Å². The second kappa shape index (κ2) is 7.10. The van der Waals surface area contributed by atoms with Crippen molar-refractivity contribution in [2.24, 2.45) is 0 Å². The third-order valence-corrected chi connectivity index (χ3v) is 2.67. The van der Waals surface area contributed by atoms with Gasteiger partial charge in [-0.3, -0.25) is 0 Å². The largest absolute Gasteiger partial charge is 0.467 e. The summed E-state index contributed by atoms with van der Waals surface area (Å²) in [5, 5.41) is 46.5. The highest BCUT2D eigenvalue weighted by molar-refractivity contribution is 5.75. The Hall–Kier alpha value is -0.810. The fraction of sp³-hybridized carbons (Fsp3) is 0.900. The molecule has 0 amide bonds. The number of esters is 1. The number of rotatable bonds is 5. The molecule has 1 unspecified atom stereocenters. The summed E-state index contributed by atoms with van der Waals surface area (Å²) in [6.07, 6.45) is -9.10. The van der Waals surface area contributed by atoms with Gasteiger partial charge in [0, 0.05) is 0 Å². The Kier molecular flexibility index (Phi) is 6.07. The molecular weight excluding hydrogens is 264 g/mol. The number of carbonyl (C=O) groups excluding carboxylic acids is 1. The molecule has 0 aliphatic carbocycles. The van der Waals surface area contributed by atoms with Crippen LogP contribution in [0.4, 0.5) is 0 Å². The molecule has 0 aromatic rings. The van der Waals surface area contributed by atoms with Crippen molar-refractivity contribution in [1.82, 2.24) is 0 Å². The average molecular weight is 282 g/mol. The van der Waals surface area contributed by atoms with E-state index in [1.807, 2.05) is 0 Å². The van der Waals surface area contributed by atoms with Crippen LogP contribution in [0.2, 0.25) is 0 Å². The van der Waals surface area contributed by atoms with Crippen molar-refractivity contribution in [1.29, 1.82) is 0 Å². The first-order chi connectivity index (χ1) is 8.92. The van der Waals surface area contributed by atoms with Gasteiger partial charge >= 0.3 is 5.97 Å². The lowest BCUT2D eigenvalue weighted by molar-refractivity contribution is -0.298. The Morgan fingerprint density at radius 3 is 2.42 bits per heavy atom. The van der Waals surface area contributed by atoms with Crippen LogP contribution in [0.5, 0.6) is 0 Å². The predicted molar refractivity (Wildman–Crippen MR) is 57.7 cm³/mol. The summed E-state index contributed by atoms with van der Waals surface area (Å²) in [7, 11) is 1.07. The maximum atomic E-state index is 11.3. The molecule has 0 radical (unpaired) electrons. The van der Waals surface area contributed by atoms with Crippen molar-refractivity contribution < 1.29 is 44.5 Å². The summed E-state index contributed by atoms with van der Waals surface area (Å²) in [6, 6.07) is 0. The van der Waals surface area contributed by atoms with Crippen molar-refractivity contribution in [3.63, 3.8) is 0 Å². The normalized spacial score (nSPS) is 36.8.